The average Bonchev–Trinajstić information content (AvgIpc) is 2.57. The Labute approximate surface area is 125 Å². The Kier molecular flexibility index (Phi) is 4.69. The summed E-state index contributed by atoms with van der Waals surface area (Å²) in [6.45, 7) is 3.73. The topological polar surface area (TPSA) is 74.7 Å². The lowest BCUT2D eigenvalue weighted by Crippen LogP contribution is -2.46. The quantitative estimate of drug-likeness (QED) is 0.809. The first-order chi connectivity index (χ1) is 9.87. The van der Waals surface area contributed by atoms with Crippen LogP contribution in [0.15, 0.2) is 0 Å². The molecular formula is C16H25NO4. The summed E-state index contributed by atoms with van der Waals surface area (Å²) in [4.78, 5) is 37.6. The maximum atomic E-state index is 12.9. The number of carbonyl (C=O) groups is 3. The summed E-state index contributed by atoms with van der Waals surface area (Å²) < 4.78 is 0. The largest absolute Gasteiger partial charge is 0.481 e. The van der Waals surface area contributed by atoms with E-state index in [1.54, 1.807) is 0 Å². The highest BCUT2D eigenvalue weighted by atomic mass is 16.4. The second-order valence-electron chi connectivity index (χ2n) is 6.85. The van der Waals surface area contributed by atoms with Crippen LogP contribution in [0, 0.1) is 11.3 Å². The van der Waals surface area contributed by atoms with Crippen molar-refractivity contribution in [2.45, 2.75) is 71.3 Å². The van der Waals surface area contributed by atoms with Crippen LogP contribution >= 0.6 is 0 Å². The number of hydrogen-bond donors (Lipinski definition) is 1. The number of carboxylic acids is 1. The third-order valence-corrected chi connectivity index (χ3v) is 4.98. The number of amides is 2. The van der Waals surface area contributed by atoms with E-state index in [0.717, 1.165) is 38.5 Å². The van der Waals surface area contributed by atoms with Crippen molar-refractivity contribution in [3.8, 4) is 0 Å². The summed E-state index contributed by atoms with van der Waals surface area (Å²) in [6.07, 6.45) is 5.85. The summed E-state index contributed by atoms with van der Waals surface area (Å²) in [7, 11) is 0. The molecule has 1 saturated heterocycles. The predicted molar refractivity (Wildman–Crippen MR) is 77.5 cm³/mol. The van der Waals surface area contributed by atoms with Gasteiger partial charge in [0, 0.05) is 6.42 Å². The molecule has 0 radical (unpaired) electrons. The van der Waals surface area contributed by atoms with Crippen LogP contribution in [0.4, 0.5) is 0 Å². The van der Waals surface area contributed by atoms with E-state index in [1.165, 1.54) is 4.90 Å². The Morgan fingerprint density at radius 3 is 2.24 bits per heavy atom. The van der Waals surface area contributed by atoms with Crippen molar-refractivity contribution < 1.29 is 19.5 Å². The van der Waals surface area contributed by atoms with Crippen LogP contribution in [0.3, 0.4) is 0 Å². The third-order valence-electron chi connectivity index (χ3n) is 4.98. The molecule has 2 amide bonds. The maximum Gasteiger partial charge on any atom is 0.305 e. The van der Waals surface area contributed by atoms with Gasteiger partial charge in [0.2, 0.25) is 11.8 Å². The highest BCUT2D eigenvalue weighted by Gasteiger charge is 2.53. The lowest BCUT2D eigenvalue weighted by Gasteiger charge is -2.31. The number of likely N-dealkylation sites (tertiary alicyclic amines) is 1. The highest BCUT2D eigenvalue weighted by molar-refractivity contribution is 6.06. The van der Waals surface area contributed by atoms with E-state index in [4.69, 9.17) is 5.11 Å². The number of imide groups is 1. The van der Waals surface area contributed by atoms with Gasteiger partial charge in [-0.25, -0.2) is 0 Å². The Morgan fingerprint density at radius 1 is 1.19 bits per heavy atom. The van der Waals surface area contributed by atoms with E-state index in [0.29, 0.717) is 0 Å². The fourth-order valence-corrected chi connectivity index (χ4v) is 3.75. The van der Waals surface area contributed by atoms with Crippen LogP contribution in [0.1, 0.15) is 65.2 Å². The fourth-order valence-electron chi connectivity index (χ4n) is 3.75. The zero-order valence-corrected chi connectivity index (χ0v) is 12.9. The molecule has 21 heavy (non-hydrogen) atoms. The molecule has 5 heteroatoms. The molecule has 118 valence electrons. The van der Waals surface area contributed by atoms with E-state index in [1.807, 2.05) is 13.8 Å². The van der Waals surface area contributed by atoms with Gasteiger partial charge in [-0.2, -0.15) is 0 Å². The molecule has 1 N–H and O–H groups in total. The molecule has 1 atom stereocenters. The van der Waals surface area contributed by atoms with E-state index >= 15 is 0 Å². The summed E-state index contributed by atoms with van der Waals surface area (Å²) in [5.74, 6) is -1.30. The Morgan fingerprint density at radius 2 is 1.76 bits per heavy atom. The minimum absolute atomic E-state index is 0.0464. The average molecular weight is 295 g/mol. The minimum atomic E-state index is -0.962. The second-order valence-corrected chi connectivity index (χ2v) is 6.85. The van der Waals surface area contributed by atoms with Gasteiger partial charge in [-0.3, -0.25) is 19.3 Å². The lowest BCUT2D eigenvalue weighted by molar-refractivity contribution is -0.148. The summed E-state index contributed by atoms with van der Waals surface area (Å²) >= 11 is 0. The molecule has 1 spiro atoms. The van der Waals surface area contributed by atoms with Crippen LogP contribution in [0.2, 0.25) is 0 Å². The number of aliphatic carboxylic acids is 1. The van der Waals surface area contributed by atoms with Gasteiger partial charge in [0.1, 0.15) is 0 Å². The van der Waals surface area contributed by atoms with Crippen LogP contribution in [0.25, 0.3) is 0 Å². The van der Waals surface area contributed by atoms with Gasteiger partial charge in [0.25, 0.3) is 0 Å². The second kappa shape index (κ2) is 6.16. The first-order valence-corrected chi connectivity index (χ1v) is 7.96. The Balaban J connectivity index is 2.25. The number of hydrogen-bond acceptors (Lipinski definition) is 3. The molecule has 1 unspecified atom stereocenters. The summed E-state index contributed by atoms with van der Waals surface area (Å²) in [5.41, 5.74) is -0.542. The molecule has 0 bridgehead atoms. The van der Waals surface area contributed by atoms with Crippen molar-refractivity contribution in [1.29, 1.82) is 0 Å². The fraction of sp³-hybridized carbons (Fsp3) is 0.812. The van der Waals surface area contributed by atoms with Crippen molar-refractivity contribution in [2.75, 3.05) is 0 Å². The van der Waals surface area contributed by atoms with Gasteiger partial charge < -0.3 is 5.11 Å². The van der Waals surface area contributed by atoms with E-state index in [2.05, 4.69) is 0 Å². The molecule has 2 fully saturated rings. The SMILES string of the molecule is CC(C)C(CC(=O)O)N1C(=O)CC2(CCCCCC2)C1=O. The summed E-state index contributed by atoms with van der Waals surface area (Å²) in [5, 5.41) is 9.06. The molecule has 5 nitrogen and oxygen atoms in total. The van der Waals surface area contributed by atoms with Crippen molar-refractivity contribution in [3.63, 3.8) is 0 Å². The molecule has 1 heterocycles. The van der Waals surface area contributed by atoms with Crippen molar-refractivity contribution in [1.82, 2.24) is 4.90 Å². The molecule has 2 rings (SSSR count). The van der Waals surface area contributed by atoms with Crippen LogP contribution in [-0.2, 0) is 14.4 Å². The van der Waals surface area contributed by atoms with Crippen LogP contribution < -0.4 is 0 Å². The van der Waals surface area contributed by atoms with Crippen molar-refractivity contribution in [3.05, 3.63) is 0 Å². The number of nitrogens with zero attached hydrogens (tertiary/aromatic N) is 1. The Bertz CT molecular complexity index is 436. The number of carboxylic acid groups (broad SMARTS) is 1. The molecule has 0 aromatic heterocycles. The zero-order chi connectivity index (χ0) is 15.6. The smallest absolute Gasteiger partial charge is 0.305 e. The van der Waals surface area contributed by atoms with Gasteiger partial charge >= 0.3 is 5.97 Å². The minimum Gasteiger partial charge on any atom is -0.481 e. The van der Waals surface area contributed by atoms with Gasteiger partial charge in [-0.15, -0.1) is 0 Å². The third kappa shape index (κ3) is 3.11. The normalized spacial score (nSPS) is 23.7. The Hall–Kier alpha value is -1.39. The molecule has 2 aliphatic rings. The first kappa shape index (κ1) is 16.0. The molecule has 0 aromatic rings. The van der Waals surface area contributed by atoms with Crippen LogP contribution in [0.5, 0.6) is 0 Å². The van der Waals surface area contributed by atoms with Gasteiger partial charge in [0.15, 0.2) is 0 Å². The van der Waals surface area contributed by atoms with E-state index in [9.17, 15) is 14.4 Å². The van der Waals surface area contributed by atoms with Crippen LogP contribution in [-0.4, -0.2) is 33.8 Å². The van der Waals surface area contributed by atoms with E-state index in [-0.39, 0.29) is 30.6 Å². The monoisotopic (exact) mass is 295 g/mol. The van der Waals surface area contributed by atoms with Gasteiger partial charge in [-0.1, -0.05) is 39.5 Å². The predicted octanol–water partition coefficient (Wildman–Crippen LogP) is 2.59. The number of carbonyl (C=O) groups excluding carboxylic acids is 2. The van der Waals surface area contributed by atoms with Crippen molar-refractivity contribution >= 4 is 17.8 Å². The van der Waals surface area contributed by atoms with Crippen molar-refractivity contribution in [2.24, 2.45) is 11.3 Å². The zero-order valence-electron chi connectivity index (χ0n) is 12.9. The highest BCUT2D eigenvalue weighted by Crippen LogP contribution is 2.45. The van der Waals surface area contributed by atoms with Gasteiger partial charge in [-0.05, 0) is 18.8 Å². The van der Waals surface area contributed by atoms with Gasteiger partial charge in [0.05, 0.1) is 17.9 Å². The lowest BCUT2D eigenvalue weighted by atomic mass is 9.79. The molecule has 1 saturated carbocycles. The molecule has 1 aliphatic carbocycles. The molecular weight excluding hydrogens is 270 g/mol. The summed E-state index contributed by atoms with van der Waals surface area (Å²) in [6, 6.07) is -0.523. The first-order valence-electron chi connectivity index (χ1n) is 7.96. The molecule has 1 aliphatic heterocycles. The standard InChI is InChI=1S/C16H25NO4/c1-11(2)12(9-14(19)20)17-13(18)10-16(15(17)21)7-5-3-4-6-8-16/h11-12H,3-10H2,1-2H3,(H,19,20). The maximum absolute atomic E-state index is 12.9. The molecule has 0 aromatic carbocycles. The number of rotatable bonds is 4. The van der Waals surface area contributed by atoms with E-state index < -0.39 is 17.4 Å².